The molecule has 0 fully saturated rings. The fourth-order valence-corrected chi connectivity index (χ4v) is 4.43. The predicted molar refractivity (Wildman–Crippen MR) is 136 cm³/mol. The van der Waals surface area contributed by atoms with Crippen molar-refractivity contribution in [3.63, 3.8) is 0 Å². The van der Waals surface area contributed by atoms with E-state index < -0.39 is 5.43 Å². The molecule has 7 heteroatoms. The number of pyridine rings is 1. The van der Waals surface area contributed by atoms with Gasteiger partial charge in [0.2, 0.25) is 5.43 Å². The highest BCUT2D eigenvalue weighted by Gasteiger charge is 2.39. The van der Waals surface area contributed by atoms with Crippen molar-refractivity contribution in [2.75, 3.05) is 18.3 Å². The number of carbonyl (C=O) groups is 2. The second kappa shape index (κ2) is 10.6. The van der Waals surface area contributed by atoms with E-state index >= 15 is 0 Å². The third kappa shape index (κ3) is 4.71. The number of aldehydes is 1. The maximum absolute atomic E-state index is 13.7. The van der Waals surface area contributed by atoms with Gasteiger partial charge in [-0.25, -0.2) is 4.68 Å². The number of ether oxygens (including phenoxy) is 1. The van der Waals surface area contributed by atoms with Crippen LogP contribution in [0.15, 0.2) is 71.5 Å². The number of hydrogen-bond donors (Lipinski definition) is 0. The Bertz CT molecular complexity index is 1200. The molecule has 0 radical (unpaired) electrons. The summed E-state index contributed by atoms with van der Waals surface area (Å²) in [5, 5.41) is 1.97. The SMILES string of the molecule is CCCCOc1c2n(c(C=O)cc1=O)N(C(c1ccccc1)c1ccccc1)CN(C(C)C)C2=O. The minimum Gasteiger partial charge on any atom is -0.487 e. The van der Waals surface area contributed by atoms with Crippen molar-refractivity contribution in [2.45, 2.75) is 45.7 Å². The Morgan fingerprint density at radius 2 is 1.57 bits per heavy atom. The zero-order valence-corrected chi connectivity index (χ0v) is 20.4. The van der Waals surface area contributed by atoms with Crippen molar-refractivity contribution in [2.24, 2.45) is 0 Å². The van der Waals surface area contributed by atoms with Crippen molar-refractivity contribution in [1.82, 2.24) is 9.58 Å². The Labute approximate surface area is 205 Å². The molecule has 2 aromatic carbocycles. The lowest BCUT2D eigenvalue weighted by atomic mass is 9.98. The first-order valence-electron chi connectivity index (χ1n) is 12.0. The third-order valence-electron chi connectivity index (χ3n) is 6.21. The molecule has 35 heavy (non-hydrogen) atoms. The van der Waals surface area contributed by atoms with E-state index in [0.29, 0.717) is 12.9 Å². The molecule has 0 spiro atoms. The molecule has 0 bridgehead atoms. The topological polar surface area (TPSA) is 71.8 Å². The highest BCUT2D eigenvalue weighted by molar-refractivity contribution is 5.97. The summed E-state index contributed by atoms with van der Waals surface area (Å²) < 4.78 is 7.47. The van der Waals surface area contributed by atoms with Crippen LogP contribution in [0.2, 0.25) is 0 Å². The summed E-state index contributed by atoms with van der Waals surface area (Å²) in [7, 11) is 0. The fraction of sp³-hybridized carbons (Fsp3) is 0.321. The van der Waals surface area contributed by atoms with Crippen LogP contribution in [-0.4, -0.2) is 41.1 Å². The lowest BCUT2D eigenvalue weighted by Gasteiger charge is -2.46. The maximum atomic E-state index is 13.7. The van der Waals surface area contributed by atoms with Gasteiger partial charge < -0.3 is 9.64 Å². The quantitative estimate of drug-likeness (QED) is 0.341. The highest BCUT2D eigenvalue weighted by Crippen LogP contribution is 2.33. The third-order valence-corrected chi connectivity index (χ3v) is 6.21. The fourth-order valence-electron chi connectivity index (χ4n) is 4.43. The zero-order valence-electron chi connectivity index (χ0n) is 20.4. The smallest absolute Gasteiger partial charge is 0.278 e. The number of hydrogen-bond acceptors (Lipinski definition) is 5. The number of unbranched alkanes of at least 4 members (excludes halogenated alkanes) is 1. The van der Waals surface area contributed by atoms with E-state index in [-0.39, 0.29) is 41.8 Å². The van der Waals surface area contributed by atoms with Crippen LogP contribution in [0.25, 0.3) is 0 Å². The number of fused-ring (bicyclic) bond motifs is 1. The molecule has 1 aromatic heterocycles. The standard InChI is InChI=1S/C28H31N3O4/c1-4-5-16-35-27-24(33)17-23(18-32)31-26(27)28(34)29(20(2)3)19-30(31)25(21-12-8-6-9-13-21)22-14-10-7-11-15-22/h6-15,17-18,20,25H,4-5,16,19H2,1-3H3. The molecule has 2 heterocycles. The first-order chi connectivity index (χ1) is 17.0. The zero-order chi connectivity index (χ0) is 24.9. The van der Waals surface area contributed by atoms with E-state index in [2.05, 4.69) is 0 Å². The average Bonchev–Trinajstić information content (AvgIpc) is 2.87. The molecule has 0 saturated carbocycles. The molecule has 3 aromatic rings. The summed E-state index contributed by atoms with van der Waals surface area (Å²) in [5.41, 5.74) is 1.72. The van der Waals surface area contributed by atoms with Crippen LogP contribution in [0.5, 0.6) is 5.75 Å². The summed E-state index contributed by atoms with van der Waals surface area (Å²) >= 11 is 0. The van der Waals surface area contributed by atoms with Crippen LogP contribution >= 0.6 is 0 Å². The molecular formula is C28H31N3O4. The van der Waals surface area contributed by atoms with Crippen LogP contribution in [0, 0.1) is 0 Å². The number of aromatic nitrogens is 1. The van der Waals surface area contributed by atoms with Gasteiger partial charge in [0.15, 0.2) is 17.7 Å². The van der Waals surface area contributed by atoms with E-state index in [0.717, 1.165) is 24.0 Å². The number of rotatable bonds is 9. The van der Waals surface area contributed by atoms with Gasteiger partial charge in [-0.15, -0.1) is 0 Å². The lowest BCUT2D eigenvalue weighted by molar-refractivity contribution is 0.0617. The summed E-state index contributed by atoms with van der Waals surface area (Å²) in [4.78, 5) is 40.7. The van der Waals surface area contributed by atoms with Crippen molar-refractivity contribution in [3.05, 3.63) is 99.5 Å². The number of carbonyl (C=O) groups excluding carboxylic acids is 2. The molecule has 0 atom stereocenters. The van der Waals surface area contributed by atoms with Gasteiger partial charge in [0.1, 0.15) is 12.4 Å². The van der Waals surface area contributed by atoms with Gasteiger partial charge in [0.05, 0.1) is 12.6 Å². The van der Waals surface area contributed by atoms with E-state index in [9.17, 15) is 14.4 Å². The molecule has 1 amide bonds. The maximum Gasteiger partial charge on any atom is 0.278 e. The molecular weight excluding hydrogens is 442 g/mol. The van der Waals surface area contributed by atoms with E-state index in [1.165, 1.54) is 6.07 Å². The molecule has 0 aliphatic carbocycles. The van der Waals surface area contributed by atoms with Gasteiger partial charge in [-0.1, -0.05) is 74.0 Å². The second-order valence-electron chi connectivity index (χ2n) is 8.92. The van der Waals surface area contributed by atoms with Crippen LogP contribution in [0.1, 0.15) is 71.8 Å². The predicted octanol–water partition coefficient (Wildman–Crippen LogP) is 4.39. The Morgan fingerprint density at radius 1 is 0.971 bits per heavy atom. The number of amides is 1. The summed E-state index contributed by atoms with van der Waals surface area (Å²) in [6, 6.07) is 20.7. The van der Waals surface area contributed by atoms with Gasteiger partial charge in [-0.3, -0.25) is 19.4 Å². The molecule has 1 aliphatic rings. The lowest BCUT2D eigenvalue weighted by Crippen LogP contribution is -2.58. The molecule has 1 aliphatic heterocycles. The van der Waals surface area contributed by atoms with Gasteiger partial charge >= 0.3 is 0 Å². The van der Waals surface area contributed by atoms with Gasteiger partial charge in [0, 0.05) is 12.1 Å². The van der Waals surface area contributed by atoms with E-state index in [1.54, 1.807) is 9.58 Å². The van der Waals surface area contributed by atoms with Gasteiger partial charge in [-0.05, 0) is 31.4 Å². The van der Waals surface area contributed by atoms with Crippen LogP contribution in [0.3, 0.4) is 0 Å². The van der Waals surface area contributed by atoms with Gasteiger partial charge in [0.25, 0.3) is 5.91 Å². The minimum atomic E-state index is -0.468. The Balaban J connectivity index is 2.00. The van der Waals surface area contributed by atoms with Crippen LogP contribution in [-0.2, 0) is 0 Å². The Kier molecular flexibility index (Phi) is 7.34. The van der Waals surface area contributed by atoms with Crippen molar-refractivity contribution in [1.29, 1.82) is 0 Å². The van der Waals surface area contributed by atoms with Crippen molar-refractivity contribution >= 4 is 12.2 Å². The second-order valence-corrected chi connectivity index (χ2v) is 8.92. The van der Waals surface area contributed by atoms with E-state index in [4.69, 9.17) is 4.74 Å². The summed E-state index contributed by atoms with van der Waals surface area (Å²) in [6.07, 6.45) is 2.26. The van der Waals surface area contributed by atoms with Gasteiger partial charge in [-0.2, -0.15) is 0 Å². The van der Waals surface area contributed by atoms with Crippen LogP contribution < -0.4 is 15.2 Å². The van der Waals surface area contributed by atoms with E-state index in [1.807, 2.05) is 86.4 Å². The minimum absolute atomic E-state index is 0.00993. The summed E-state index contributed by atoms with van der Waals surface area (Å²) in [6.45, 7) is 6.44. The normalized spacial score (nSPS) is 13.3. The van der Waals surface area contributed by atoms with Crippen LogP contribution in [0.4, 0.5) is 0 Å². The number of nitrogens with zero attached hydrogens (tertiary/aromatic N) is 3. The monoisotopic (exact) mass is 473 g/mol. The van der Waals surface area contributed by atoms with Crippen molar-refractivity contribution < 1.29 is 14.3 Å². The Hall–Kier alpha value is -3.87. The first kappa shape index (κ1) is 24.3. The molecule has 0 saturated heterocycles. The Morgan fingerprint density at radius 3 is 2.09 bits per heavy atom. The average molecular weight is 474 g/mol. The largest absolute Gasteiger partial charge is 0.487 e. The molecule has 0 unspecified atom stereocenters. The molecule has 0 N–H and O–H groups in total. The highest BCUT2D eigenvalue weighted by atomic mass is 16.5. The first-order valence-corrected chi connectivity index (χ1v) is 12.0. The number of benzene rings is 2. The molecule has 4 rings (SSSR count). The summed E-state index contributed by atoms with van der Waals surface area (Å²) in [5.74, 6) is -0.340. The van der Waals surface area contributed by atoms with Crippen molar-refractivity contribution in [3.8, 4) is 5.75 Å². The molecule has 182 valence electrons. The molecule has 7 nitrogen and oxygen atoms in total.